The molecule has 0 radical (unpaired) electrons. The molecular formula is C29H33N5O. The first-order valence-corrected chi connectivity index (χ1v) is 12.4. The summed E-state index contributed by atoms with van der Waals surface area (Å²) in [6.45, 7) is 6.96. The van der Waals surface area contributed by atoms with Gasteiger partial charge < -0.3 is 20.5 Å². The van der Waals surface area contributed by atoms with E-state index in [-0.39, 0.29) is 11.4 Å². The molecule has 180 valence electrons. The third-order valence-electron chi connectivity index (χ3n) is 7.42. The highest BCUT2D eigenvalue weighted by atomic mass is 16.2. The number of hydrogen-bond acceptors (Lipinski definition) is 4. The summed E-state index contributed by atoms with van der Waals surface area (Å²) in [5.41, 5.74) is 9.61. The molecule has 0 saturated heterocycles. The zero-order valence-electron chi connectivity index (χ0n) is 20.5. The maximum Gasteiger partial charge on any atom is 0.254 e. The zero-order valence-corrected chi connectivity index (χ0v) is 20.5. The summed E-state index contributed by atoms with van der Waals surface area (Å²) in [5.74, 6) is 0.987. The van der Waals surface area contributed by atoms with E-state index in [1.807, 2.05) is 41.4 Å². The molecule has 0 fully saturated rings. The van der Waals surface area contributed by atoms with Crippen molar-refractivity contribution in [2.75, 3.05) is 24.5 Å². The Morgan fingerprint density at radius 2 is 1.83 bits per heavy atom. The van der Waals surface area contributed by atoms with E-state index in [1.165, 1.54) is 5.69 Å². The van der Waals surface area contributed by atoms with Gasteiger partial charge in [-0.1, -0.05) is 61.5 Å². The fourth-order valence-electron chi connectivity index (χ4n) is 5.23. The normalized spacial score (nSPS) is 15.5. The molecule has 1 unspecified atom stereocenters. The summed E-state index contributed by atoms with van der Waals surface area (Å²) in [7, 11) is 0. The number of carbonyl (C=O) groups is 1. The summed E-state index contributed by atoms with van der Waals surface area (Å²) in [5, 5.41) is 2.08. The van der Waals surface area contributed by atoms with Crippen molar-refractivity contribution in [1.82, 2.24) is 14.9 Å². The van der Waals surface area contributed by atoms with Gasteiger partial charge in [-0.25, -0.2) is 4.98 Å². The van der Waals surface area contributed by atoms with Gasteiger partial charge in [0.15, 0.2) is 0 Å². The number of imidazole rings is 1. The molecule has 3 N–H and O–H groups in total. The van der Waals surface area contributed by atoms with Crippen molar-refractivity contribution in [2.45, 2.75) is 38.8 Å². The molecule has 35 heavy (non-hydrogen) atoms. The average Bonchev–Trinajstić information content (AvgIpc) is 3.28. The van der Waals surface area contributed by atoms with Gasteiger partial charge in [-0.3, -0.25) is 4.79 Å². The first kappa shape index (κ1) is 23.1. The summed E-state index contributed by atoms with van der Waals surface area (Å²) in [4.78, 5) is 26.4. The van der Waals surface area contributed by atoms with Crippen molar-refractivity contribution < 1.29 is 4.79 Å². The van der Waals surface area contributed by atoms with Crippen LogP contribution in [0.5, 0.6) is 0 Å². The van der Waals surface area contributed by atoms with E-state index >= 15 is 0 Å². The largest absolute Gasteiger partial charge is 0.358 e. The van der Waals surface area contributed by atoms with E-state index in [4.69, 9.17) is 5.73 Å². The lowest BCUT2D eigenvalue weighted by molar-refractivity contribution is 0.0752. The topological polar surface area (TPSA) is 78.2 Å². The number of fused-ring (bicyclic) bond motifs is 2. The minimum atomic E-state index is -0.297. The lowest BCUT2D eigenvalue weighted by Crippen LogP contribution is -2.47. The lowest BCUT2D eigenvalue weighted by atomic mass is 9.91. The molecule has 1 aliphatic rings. The van der Waals surface area contributed by atoms with Crippen molar-refractivity contribution in [3.8, 4) is 0 Å². The fourth-order valence-corrected chi connectivity index (χ4v) is 5.23. The summed E-state index contributed by atoms with van der Waals surface area (Å²) in [6.07, 6.45) is 3.56. The third-order valence-corrected chi connectivity index (χ3v) is 7.42. The smallest absolute Gasteiger partial charge is 0.254 e. The molecular weight excluding hydrogens is 434 g/mol. The highest BCUT2D eigenvalue weighted by Crippen LogP contribution is 2.38. The number of para-hydroxylation sites is 1. The van der Waals surface area contributed by atoms with Crippen molar-refractivity contribution in [2.24, 2.45) is 5.73 Å². The monoisotopic (exact) mass is 467 g/mol. The molecule has 1 atom stereocenters. The van der Waals surface area contributed by atoms with Crippen LogP contribution in [0.4, 0.5) is 5.69 Å². The van der Waals surface area contributed by atoms with Crippen molar-refractivity contribution in [1.29, 1.82) is 0 Å². The number of H-pyrrole nitrogens is 1. The first-order valence-electron chi connectivity index (χ1n) is 12.4. The SMILES string of the molecule is CCC(C)(c1cnc(CCN)[nH]1)N1CCN(C(=O)c2cccc3ccccc23)Cc2ccccc21. The third kappa shape index (κ3) is 4.19. The Morgan fingerprint density at radius 1 is 1.06 bits per heavy atom. The maximum atomic E-state index is 13.8. The van der Waals surface area contributed by atoms with E-state index in [0.29, 0.717) is 19.6 Å². The van der Waals surface area contributed by atoms with Crippen LogP contribution in [0.3, 0.4) is 0 Å². The van der Waals surface area contributed by atoms with Gasteiger partial charge in [0.25, 0.3) is 5.91 Å². The Hall–Kier alpha value is -3.64. The highest BCUT2D eigenvalue weighted by molar-refractivity contribution is 6.07. The number of nitrogens with zero attached hydrogens (tertiary/aromatic N) is 3. The number of amides is 1. The Morgan fingerprint density at radius 3 is 2.66 bits per heavy atom. The van der Waals surface area contributed by atoms with E-state index in [2.05, 4.69) is 65.1 Å². The highest BCUT2D eigenvalue weighted by Gasteiger charge is 2.37. The molecule has 1 amide bonds. The van der Waals surface area contributed by atoms with Gasteiger partial charge >= 0.3 is 0 Å². The molecule has 0 bridgehead atoms. The van der Waals surface area contributed by atoms with Gasteiger partial charge in [0, 0.05) is 37.3 Å². The number of aromatic amines is 1. The molecule has 0 aliphatic carbocycles. The molecule has 0 saturated carbocycles. The quantitative estimate of drug-likeness (QED) is 0.425. The number of nitrogens with one attached hydrogen (secondary N) is 1. The van der Waals surface area contributed by atoms with Crippen LogP contribution in [-0.4, -0.2) is 40.4 Å². The second-order valence-electron chi connectivity index (χ2n) is 9.44. The molecule has 1 aliphatic heterocycles. The number of carbonyl (C=O) groups excluding carboxylic acids is 1. The molecule has 2 heterocycles. The summed E-state index contributed by atoms with van der Waals surface area (Å²) in [6, 6.07) is 22.5. The van der Waals surface area contributed by atoms with Crippen LogP contribution in [0.15, 0.2) is 72.9 Å². The number of aromatic nitrogens is 2. The molecule has 5 rings (SSSR count). The first-order chi connectivity index (χ1) is 17.0. The van der Waals surface area contributed by atoms with Gasteiger partial charge in [-0.05, 0) is 48.4 Å². The fraction of sp³-hybridized carbons (Fsp3) is 0.310. The van der Waals surface area contributed by atoms with Crippen LogP contribution in [-0.2, 0) is 18.5 Å². The van der Waals surface area contributed by atoms with Crippen LogP contribution in [0, 0.1) is 0 Å². The predicted octanol–water partition coefficient (Wildman–Crippen LogP) is 4.85. The predicted molar refractivity (Wildman–Crippen MR) is 141 cm³/mol. The molecule has 1 aromatic heterocycles. The lowest BCUT2D eigenvalue weighted by Gasteiger charge is -2.42. The second kappa shape index (κ2) is 9.55. The Balaban J connectivity index is 1.51. The van der Waals surface area contributed by atoms with Crippen LogP contribution in [0.25, 0.3) is 10.8 Å². The van der Waals surface area contributed by atoms with E-state index in [0.717, 1.165) is 52.8 Å². The number of benzene rings is 3. The van der Waals surface area contributed by atoms with Crippen molar-refractivity contribution in [3.05, 3.63) is 95.6 Å². The van der Waals surface area contributed by atoms with E-state index in [1.54, 1.807) is 0 Å². The summed E-state index contributed by atoms with van der Waals surface area (Å²) < 4.78 is 0. The number of rotatable bonds is 6. The van der Waals surface area contributed by atoms with Gasteiger partial charge in [0.1, 0.15) is 5.82 Å². The maximum absolute atomic E-state index is 13.8. The second-order valence-corrected chi connectivity index (χ2v) is 9.44. The van der Waals surface area contributed by atoms with E-state index < -0.39 is 0 Å². The molecule has 3 aromatic carbocycles. The van der Waals surface area contributed by atoms with E-state index in [9.17, 15) is 4.79 Å². The zero-order chi connectivity index (χ0) is 24.4. The summed E-state index contributed by atoms with van der Waals surface area (Å²) >= 11 is 0. The number of hydrogen-bond donors (Lipinski definition) is 2. The Kier molecular flexibility index (Phi) is 6.31. The van der Waals surface area contributed by atoms with Gasteiger partial charge in [0.2, 0.25) is 0 Å². The molecule has 6 nitrogen and oxygen atoms in total. The van der Waals surface area contributed by atoms with Crippen LogP contribution < -0.4 is 10.6 Å². The van der Waals surface area contributed by atoms with Gasteiger partial charge in [-0.15, -0.1) is 0 Å². The van der Waals surface area contributed by atoms with Crippen molar-refractivity contribution in [3.63, 3.8) is 0 Å². The van der Waals surface area contributed by atoms with Crippen LogP contribution >= 0.6 is 0 Å². The number of nitrogens with two attached hydrogens (primary N) is 1. The van der Waals surface area contributed by atoms with Gasteiger partial charge in [0.05, 0.1) is 17.4 Å². The minimum Gasteiger partial charge on any atom is -0.358 e. The van der Waals surface area contributed by atoms with Crippen LogP contribution in [0.1, 0.15) is 47.7 Å². The van der Waals surface area contributed by atoms with Crippen molar-refractivity contribution >= 4 is 22.4 Å². The number of anilines is 1. The Bertz CT molecular complexity index is 1340. The Labute approximate surface area is 206 Å². The minimum absolute atomic E-state index is 0.0726. The van der Waals surface area contributed by atoms with Crippen LogP contribution in [0.2, 0.25) is 0 Å². The molecule has 4 aromatic rings. The average molecular weight is 468 g/mol. The standard InChI is InChI=1S/C29H33N5O/c1-3-29(2,26-19-31-27(32-26)15-16-30)34-18-17-33(20-22-10-5-7-14-25(22)34)28(35)24-13-8-11-21-9-4-6-12-23(21)24/h4-14,19H,3,15-18,20,30H2,1-2H3,(H,31,32). The van der Waals surface area contributed by atoms with Gasteiger partial charge in [-0.2, -0.15) is 0 Å². The molecule has 6 heteroatoms. The molecule has 0 spiro atoms.